The van der Waals surface area contributed by atoms with Gasteiger partial charge >= 0.3 is 0 Å². The van der Waals surface area contributed by atoms with E-state index >= 15 is 0 Å². The van der Waals surface area contributed by atoms with Crippen LogP contribution < -0.4 is 15.6 Å². The number of aryl methyl sites for hydroxylation is 3. The monoisotopic (exact) mass is 524 g/mol. The lowest BCUT2D eigenvalue weighted by Gasteiger charge is -2.32. The van der Waals surface area contributed by atoms with Gasteiger partial charge in [0.05, 0.1) is 18.1 Å². The fourth-order valence-electron chi connectivity index (χ4n) is 5.45. The van der Waals surface area contributed by atoms with Gasteiger partial charge in [-0.15, -0.1) is 0 Å². The van der Waals surface area contributed by atoms with Crippen LogP contribution in [0.4, 0.5) is 5.69 Å². The number of likely N-dealkylation sites (tertiary alicyclic amines) is 1. The molecule has 1 saturated heterocycles. The maximum absolute atomic E-state index is 13.1. The van der Waals surface area contributed by atoms with Crippen LogP contribution in [0, 0.1) is 13.8 Å². The third-order valence-corrected chi connectivity index (χ3v) is 7.53. The van der Waals surface area contributed by atoms with Crippen LogP contribution in [0.2, 0.25) is 0 Å². The summed E-state index contributed by atoms with van der Waals surface area (Å²) in [5.41, 5.74) is 5.05. The number of para-hydroxylation sites is 2. The van der Waals surface area contributed by atoms with Crippen molar-refractivity contribution < 1.29 is 14.3 Å². The zero-order valence-corrected chi connectivity index (χ0v) is 22.7. The topological polar surface area (TPSA) is 93.5 Å². The molecule has 0 aliphatic carbocycles. The van der Waals surface area contributed by atoms with E-state index in [-0.39, 0.29) is 11.6 Å². The summed E-state index contributed by atoms with van der Waals surface area (Å²) in [6.07, 6.45) is 1.73. The molecule has 1 N–H and O–H groups in total. The number of aromatic nitrogens is 2. The molecule has 4 aromatic rings. The third-order valence-electron chi connectivity index (χ3n) is 7.53. The van der Waals surface area contributed by atoms with Gasteiger partial charge in [-0.3, -0.25) is 14.4 Å². The zero-order chi connectivity index (χ0) is 27.7. The van der Waals surface area contributed by atoms with Crippen LogP contribution in [0.25, 0.3) is 11.0 Å². The van der Waals surface area contributed by atoms with Crippen LogP contribution in [-0.2, 0) is 7.05 Å². The number of benzene rings is 3. The standard InChI is InChI=1S/C31H32N4O4/c1-19-17-23(18-20(2)28(19)39-4)30(37)35-15-13-22(14-16-35)21-9-11-24(12-10-21)32-29(36)27-31(38)34(3)26-8-6-5-7-25(26)33-27/h5-12,17-18,22H,13-16H2,1-4H3,(H,32,36). The SMILES string of the molecule is COc1c(C)cc(C(=O)N2CCC(c3ccc(NC(=O)c4nc5ccccc5n(C)c4=O)cc3)CC2)cc1C. The van der Waals surface area contributed by atoms with Crippen molar-refractivity contribution in [3.63, 3.8) is 0 Å². The Morgan fingerprint density at radius 3 is 2.26 bits per heavy atom. The van der Waals surface area contributed by atoms with Crippen LogP contribution in [-0.4, -0.2) is 46.5 Å². The van der Waals surface area contributed by atoms with Gasteiger partial charge in [-0.1, -0.05) is 24.3 Å². The molecule has 1 aromatic heterocycles. The summed E-state index contributed by atoms with van der Waals surface area (Å²) in [6, 6.07) is 18.7. The number of piperidine rings is 1. The third kappa shape index (κ3) is 5.14. The molecule has 1 aliphatic rings. The van der Waals surface area contributed by atoms with Crippen molar-refractivity contribution in [1.29, 1.82) is 0 Å². The summed E-state index contributed by atoms with van der Waals surface area (Å²) < 4.78 is 6.87. The number of carbonyl (C=O) groups excluding carboxylic acids is 2. The molecule has 0 unspecified atom stereocenters. The van der Waals surface area contributed by atoms with Gasteiger partial charge in [0.15, 0.2) is 5.69 Å². The summed E-state index contributed by atoms with van der Waals surface area (Å²) in [5.74, 6) is 0.659. The van der Waals surface area contributed by atoms with Crippen LogP contribution in [0.1, 0.15) is 56.3 Å². The molecule has 5 rings (SSSR count). The highest BCUT2D eigenvalue weighted by Crippen LogP contribution is 2.31. The van der Waals surface area contributed by atoms with E-state index in [0.717, 1.165) is 35.3 Å². The number of ether oxygens (including phenoxy) is 1. The Morgan fingerprint density at radius 1 is 0.974 bits per heavy atom. The molecule has 0 saturated carbocycles. The van der Waals surface area contributed by atoms with Gasteiger partial charge in [-0.05, 0) is 85.7 Å². The van der Waals surface area contributed by atoms with E-state index in [1.165, 1.54) is 4.57 Å². The molecular formula is C31H32N4O4. The number of rotatable bonds is 5. The largest absolute Gasteiger partial charge is 0.496 e. The predicted octanol–water partition coefficient (Wildman–Crippen LogP) is 4.83. The maximum atomic E-state index is 13.1. The van der Waals surface area contributed by atoms with Crippen molar-refractivity contribution >= 4 is 28.5 Å². The Bertz CT molecular complexity index is 1590. The summed E-state index contributed by atoms with van der Waals surface area (Å²) in [6.45, 7) is 5.28. The average Bonchev–Trinajstić information content (AvgIpc) is 2.95. The Kier molecular flexibility index (Phi) is 7.19. The zero-order valence-electron chi connectivity index (χ0n) is 22.7. The number of methoxy groups -OCH3 is 1. The Balaban J connectivity index is 1.22. The highest BCUT2D eigenvalue weighted by atomic mass is 16.5. The van der Waals surface area contributed by atoms with E-state index in [1.54, 1.807) is 26.3 Å². The molecule has 8 heteroatoms. The fraction of sp³-hybridized carbons (Fsp3) is 0.290. The normalized spacial score (nSPS) is 13.9. The summed E-state index contributed by atoms with van der Waals surface area (Å²) >= 11 is 0. The van der Waals surface area contributed by atoms with E-state index in [4.69, 9.17) is 4.74 Å². The van der Waals surface area contributed by atoms with Gasteiger partial charge in [0.2, 0.25) is 0 Å². The Morgan fingerprint density at radius 2 is 1.62 bits per heavy atom. The van der Waals surface area contributed by atoms with Crippen LogP contribution in [0.15, 0.2) is 65.5 Å². The lowest BCUT2D eigenvalue weighted by Crippen LogP contribution is -2.38. The second kappa shape index (κ2) is 10.7. The molecular weight excluding hydrogens is 492 g/mol. The quantitative estimate of drug-likeness (QED) is 0.404. The molecule has 0 atom stereocenters. The molecule has 8 nitrogen and oxygen atoms in total. The van der Waals surface area contributed by atoms with E-state index < -0.39 is 11.5 Å². The number of hydrogen-bond donors (Lipinski definition) is 1. The maximum Gasteiger partial charge on any atom is 0.282 e. The summed E-state index contributed by atoms with van der Waals surface area (Å²) in [4.78, 5) is 45.0. The van der Waals surface area contributed by atoms with Gasteiger partial charge in [0, 0.05) is 31.4 Å². The molecule has 0 spiro atoms. The minimum Gasteiger partial charge on any atom is -0.496 e. The predicted molar refractivity (Wildman–Crippen MR) is 152 cm³/mol. The van der Waals surface area contributed by atoms with Crippen molar-refractivity contribution in [2.45, 2.75) is 32.6 Å². The van der Waals surface area contributed by atoms with Crippen molar-refractivity contribution in [1.82, 2.24) is 14.5 Å². The molecule has 0 radical (unpaired) electrons. The first kappa shape index (κ1) is 26.2. The molecule has 1 fully saturated rings. The first-order valence-electron chi connectivity index (χ1n) is 13.1. The molecule has 39 heavy (non-hydrogen) atoms. The lowest BCUT2D eigenvalue weighted by molar-refractivity contribution is 0.0712. The molecule has 2 heterocycles. The van der Waals surface area contributed by atoms with Gasteiger partial charge < -0.3 is 19.5 Å². The Hall–Kier alpha value is -4.46. The summed E-state index contributed by atoms with van der Waals surface area (Å²) in [7, 11) is 3.28. The minimum atomic E-state index is -0.537. The van der Waals surface area contributed by atoms with Gasteiger partial charge in [-0.2, -0.15) is 0 Å². The number of anilines is 1. The Labute approximate surface area is 227 Å². The number of fused-ring (bicyclic) bond motifs is 1. The van der Waals surface area contributed by atoms with Gasteiger partial charge in [-0.25, -0.2) is 4.98 Å². The van der Waals surface area contributed by atoms with Crippen molar-refractivity contribution in [2.75, 3.05) is 25.5 Å². The molecule has 3 aromatic carbocycles. The van der Waals surface area contributed by atoms with Gasteiger partial charge in [0.25, 0.3) is 17.4 Å². The first-order chi connectivity index (χ1) is 18.8. The summed E-state index contributed by atoms with van der Waals surface area (Å²) in [5, 5.41) is 2.80. The molecule has 1 aliphatic heterocycles. The van der Waals surface area contributed by atoms with Crippen LogP contribution in [0.3, 0.4) is 0 Å². The van der Waals surface area contributed by atoms with Crippen molar-refractivity contribution in [2.24, 2.45) is 7.05 Å². The smallest absolute Gasteiger partial charge is 0.282 e. The number of nitrogens with one attached hydrogen (secondary N) is 1. The number of carbonyl (C=O) groups is 2. The minimum absolute atomic E-state index is 0.0498. The van der Waals surface area contributed by atoms with E-state index in [2.05, 4.69) is 10.3 Å². The van der Waals surface area contributed by atoms with Gasteiger partial charge in [0.1, 0.15) is 5.75 Å². The number of hydrogen-bond acceptors (Lipinski definition) is 5. The first-order valence-corrected chi connectivity index (χ1v) is 13.1. The lowest BCUT2D eigenvalue weighted by atomic mass is 9.89. The highest BCUT2D eigenvalue weighted by molar-refractivity contribution is 6.03. The highest BCUT2D eigenvalue weighted by Gasteiger charge is 2.25. The fourth-order valence-corrected chi connectivity index (χ4v) is 5.45. The van der Waals surface area contributed by atoms with Crippen LogP contribution >= 0.6 is 0 Å². The van der Waals surface area contributed by atoms with E-state index in [9.17, 15) is 14.4 Å². The van der Waals surface area contributed by atoms with E-state index in [1.807, 2.05) is 67.3 Å². The average molecular weight is 525 g/mol. The van der Waals surface area contributed by atoms with Crippen LogP contribution in [0.5, 0.6) is 5.75 Å². The molecule has 2 amide bonds. The van der Waals surface area contributed by atoms with E-state index in [0.29, 0.717) is 41.3 Å². The molecule has 200 valence electrons. The number of nitrogens with zero attached hydrogens (tertiary/aromatic N) is 3. The number of amides is 2. The second-order valence-electron chi connectivity index (χ2n) is 10.1. The van der Waals surface area contributed by atoms with Crippen molar-refractivity contribution in [3.05, 3.63) is 99.0 Å². The molecule has 0 bridgehead atoms. The second-order valence-corrected chi connectivity index (χ2v) is 10.1. The van der Waals surface area contributed by atoms with Crippen molar-refractivity contribution in [3.8, 4) is 5.75 Å².